The lowest BCUT2D eigenvalue weighted by Crippen LogP contribution is -2.35. The molecule has 7 nitrogen and oxygen atoms in total. The van der Waals surface area contributed by atoms with Crippen molar-refractivity contribution < 1.29 is 9.32 Å². The fraction of sp³-hybridized carbons (Fsp3) is 0.529. The zero-order valence-electron chi connectivity index (χ0n) is 14.4. The third kappa shape index (κ3) is 3.39. The number of hydrogen-bond acceptors (Lipinski definition) is 6. The van der Waals surface area contributed by atoms with Crippen molar-refractivity contribution in [1.29, 1.82) is 0 Å². The van der Waals surface area contributed by atoms with Gasteiger partial charge in [-0.25, -0.2) is 4.98 Å². The van der Waals surface area contributed by atoms with E-state index < -0.39 is 0 Å². The molecule has 0 radical (unpaired) electrons. The first-order chi connectivity index (χ1) is 11.6. The molecule has 0 aliphatic carbocycles. The van der Waals surface area contributed by atoms with Gasteiger partial charge in [-0.2, -0.15) is 4.98 Å². The van der Waals surface area contributed by atoms with Crippen LogP contribution in [-0.4, -0.2) is 46.6 Å². The van der Waals surface area contributed by atoms with Crippen molar-refractivity contribution in [2.24, 2.45) is 0 Å². The Morgan fingerprint density at radius 2 is 2.12 bits per heavy atom. The Labute approximate surface area is 141 Å². The fourth-order valence-electron chi connectivity index (χ4n) is 3.01. The van der Waals surface area contributed by atoms with Gasteiger partial charge < -0.3 is 14.3 Å². The number of hydrogen-bond donors (Lipinski definition) is 0. The third-order valence-corrected chi connectivity index (χ3v) is 4.31. The van der Waals surface area contributed by atoms with Gasteiger partial charge in [-0.1, -0.05) is 18.0 Å². The van der Waals surface area contributed by atoms with Crippen LogP contribution >= 0.6 is 0 Å². The van der Waals surface area contributed by atoms with Crippen molar-refractivity contribution in [1.82, 2.24) is 20.0 Å². The summed E-state index contributed by atoms with van der Waals surface area (Å²) in [4.78, 5) is 25.5. The molecule has 2 aromatic rings. The fourth-order valence-corrected chi connectivity index (χ4v) is 3.01. The van der Waals surface area contributed by atoms with Crippen molar-refractivity contribution in [2.75, 3.05) is 25.5 Å². The number of nitrogens with zero attached hydrogens (tertiary/aromatic N) is 5. The lowest BCUT2D eigenvalue weighted by molar-refractivity contribution is 0.0670. The molecule has 7 heteroatoms. The summed E-state index contributed by atoms with van der Waals surface area (Å²) in [6, 6.07) is 3.55. The van der Waals surface area contributed by atoms with Gasteiger partial charge in [-0.3, -0.25) is 4.79 Å². The van der Waals surface area contributed by atoms with Crippen molar-refractivity contribution in [2.45, 2.75) is 38.6 Å². The topological polar surface area (TPSA) is 75.4 Å². The Balaban J connectivity index is 1.86. The van der Waals surface area contributed by atoms with Crippen molar-refractivity contribution >= 4 is 11.7 Å². The van der Waals surface area contributed by atoms with Gasteiger partial charge in [0, 0.05) is 33.8 Å². The van der Waals surface area contributed by atoms with E-state index >= 15 is 0 Å². The molecule has 1 aliphatic heterocycles. The molecule has 3 heterocycles. The molecule has 0 spiro atoms. The molecule has 128 valence electrons. The summed E-state index contributed by atoms with van der Waals surface area (Å²) in [5.74, 6) is 1.93. The number of pyridine rings is 1. The number of carbonyl (C=O) groups excluding carboxylic acids is 1. The molecule has 3 rings (SSSR count). The lowest BCUT2D eigenvalue weighted by Gasteiger charge is -2.28. The Kier molecular flexibility index (Phi) is 4.78. The van der Waals surface area contributed by atoms with Gasteiger partial charge in [0.15, 0.2) is 5.82 Å². The zero-order chi connectivity index (χ0) is 17.1. The molecule has 1 fully saturated rings. The van der Waals surface area contributed by atoms with E-state index in [1.54, 1.807) is 13.1 Å². The molecule has 0 unspecified atom stereocenters. The molecule has 1 amide bonds. The zero-order valence-corrected chi connectivity index (χ0v) is 14.4. The second-order valence-corrected chi connectivity index (χ2v) is 6.33. The highest BCUT2D eigenvalue weighted by Gasteiger charge is 2.30. The van der Waals surface area contributed by atoms with Crippen LogP contribution in [0.2, 0.25) is 0 Å². The number of rotatable bonds is 3. The minimum atomic E-state index is -0.133. The maximum absolute atomic E-state index is 13.0. The summed E-state index contributed by atoms with van der Waals surface area (Å²) in [5, 5.41) is 4.04. The first kappa shape index (κ1) is 16.4. The molecular weight excluding hydrogens is 306 g/mol. The largest absolute Gasteiger partial charge is 0.363 e. The van der Waals surface area contributed by atoms with E-state index in [0.29, 0.717) is 23.8 Å². The van der Waals surface area contributed by atoms with E-state index in [1.165, 1.54) is 0 Å². The Morgan fingerprint density at radius 3 is 2.75 bits per heavy atom. The number of likely N-dealkylation sites (tertiary alicyclic amines) is 1. The highest BCUT2D eigenvalue weighted by molar-refractivity contribution is 5.94. The molecule has 1 atom stereocenters. The maximum atomic E-state index is 13.0. The Morgan fingerprint density at radius 1 is 1.29 bits per heavy atom. The van der Waals surface area contributed by atoms with Gasteiger partial charge >= 0.3 is 0 Å². The summed E-state index contributed by atoms with van der Waals surface area (Å²) in [5.41, 5.74) is 0.590. The molecule has 0 aromatic carbocycles. The first-order valence-electron chi connectivity index (χ1n) is 8.31. The van der Waals surface area contributed by atoms with Crippen molar-refractivity contribution in [3.05, 3.63) is 35.6 Å². The molecule has 1 saturated heterocycles. The third-order valence-electron chi connectivity index (χ3n) is 4.31. The average molecular weight is 329 g/mol. The van der Waals surface area contributed by atoms with E-state index in [4.69, 9.17) is 4.52 Å². The molecule has 0 bridgehead atoms. The second kappa shape index (κ2) is 6.98. The van der Waals surface area contributed by atoms with Gasteiger partial charge in [0.1, 0.15) is 5.82 Å². The minimum absolute atomic E-state index is 0.0258. The standard InChI is InChI=1S/C17H23N5O2/c1-12-19-16(20-24-12)14-7-5-4-6-10-22(14)17(23)13-8-9-15(18-11-13)21(2)3/h8-9,11,14H,4-7,10H2,1-3H3/t14-/m0/s1. The number of aryl methyl sites for hydroxylation is 1. The lowest BCUT2D eigenvalue weighted by atomic mass is 10.1. The predicted molar refractivity (Wildman–Crippen MR) is 89.8 cm³/mol. The Hall–Kier alpha value is -2.44. The second-order valence-electron chi connectivity index (χ2n) is 6.33. The van der Waals surface area contributed by atoms with Crippen LogP contribution in [0.5, 0.6) is 0 Å². The summed E-state index contributed by atoms with van der Waals surface area (Å²) in [6.45, 7) is 2.47. The van der Waals surface area contributed by atoms with E-state index in [1.807, 2.05) is 36.0 Å². The van der Waals surface area contributed by atoms with E-state index in [2.05, 4.69) is 15.1 Å². The molecule has 2 aromatic heterocycles. The number of aromatic nitrogens is 3. The summed E-state index contributed by atoms with van der Waals surface area (Å²) >= 11 is 0. The smallest absolute Gasteiger partial charge is 0.256 e. The predicted octanol–water partition coefficient (Wildman–Crippen LogP) is 2.60. The molecular formula is C17H23N5O2. The molecule has 0 saturated carbocycles. The highest BCUT2D eigenvalue weighted by atomic mass is 16.5. The maximum Gasteiger partial charge on any atom is 0.256 e. The first-order valence-corrected chi connectivity index (χ1v) is 8.31. The Bertz CT molecular complexity index is 695. The van der Waals surface area contributed by atoms with Gasteiger partial charge in [0.05, 0.1) is 11.6 Å². The minimum Gasteiger partial charge on any atom is -0.363 e. The number of carbonyl (C=O) groups is 1. The summed E-state index contributed by atoms with van der Waals surface area (Å²) in [6.07, 6.45) is 5.64. The van der Waals surface area contributed by atoms with Gasteiger partial charge in [0.2, 0.25) is 5.89 Å². The van der Waals surface area contributed by atoms with Crippen molar-refractivity contribution in [3.63, 3.8) is 0 Å². The van der Waals surface area contributed by atoms with Crippen LogP contribution in [-0.2, 0) is 0 Å². The molecule has 24 heavy (non-hydrogen) atoms. The quantitative estimate of drug-likeness (QED) is 0.861. The summed E-state index contributed by atoms with van der Waals surface area (Å²) in [7, 11) is 3.85. The van der Waals surface area contributed by atoms with Crippen LogP contribution in [0, 0.1) is 6.92 Å². The average Bonchev–Trinajstić information content (AvgIpc) is 2.86. The van der Waals surface area contributed by atoms with Gasteiger partial charge in [-0.15, -0.1) is 0 Å². The normalized spacial score (nSPS) is 18.3. The van der Waals surface area contributed by atoms with Crippen molar-refractivity contribution in [3.8, 4) is 0 Å². The van der Waals surface area contributed by atoms with Crippen LogP contribution in [0.25, 0.3) is 0 Å². The monoisotopic (exact) mass is 329 g/mol. The van der Waals surface area contributed by atoms with Crippen LogP contribution < -0.4 is 4.90 Å². The van der Waals surface area contributed by atoms with Gasteiger partial charge in [-0.05, 0) is 25.0 Å². The molecule has 0 N–H and O–H groups in total. The van der Waals surface area contributed by atoms with Crippen LogP contribution in [0.1, 0.15) is 53.8 Å². The number of anilines is 1. The van der Waals surface area contributed by atoms with Crippen LogP contribution in [0.4, 0.5) is 5.82 Å². The van der Waals surface area contributed by atoms with E-state index in [9.17, 15) is 4.79 Å². The molecule has 1 aliphatic rings. The SMILES string of the molecule is Cc1nc([C@@H]2CCCCCN2C(=O)c2ccc(N(C)C)nc2)no1. The van der Waals surface area contributed by atoms with E-state index in [0.717, 1.165) is 31.5 Å². The van der Waals surface area contributed by atoms with E-state index in [-0.39, 0.29) is 11.9 Å². The van der Waals surface area contributed by atoms with Gasteiger partial charge in [0.25, 0.3) is 5.91 Å². The van der Waals surface area contributed by atoms with Crippen LogP contribution in [0.3, 0.4) is 0 Å². The number of amides is 1. The highest BCUT2D eigenvalue weighted by Crippen LogP contribution is 2.29. The van der Waals surface area contributed by atoms with Crippen LogP contribution in [0.15, 0.2) is 22.9 Å². The summed E-state index contributed by atoms with van der Waals surface area (Å²) < 4.78 is 5.12.